The van der Waals surface area contributed by atoms with Crippen LogP contribution in [0.15, 0.2) is 24.5 Å². The molecule has 0 unspecified atom stereocenters. The monoisotopic (exact) mass is 230 g/mol. The van der Waals surface area contributed by atoms with Gasteiger partial charge in [0.05, 0.1) is 0 Å². The highest BCUT2D eigenvalue weighted by atomic mass is 15.1. The van der Waals surface area contributed by atoms with Crippen molar-refractivity contribution in [1.82, 2.24) is 14.5 Å². The maximum atomic E-state index is 6.16. The van der Waals surface area contributed by atoms with E-state index in [1.54, 1.807) is 12.4 Å². The molecule has 2 aromatic heterocycles. The zero-order chi connectivity index (χ0) is 12.4. The van der Waals surface area contributed by atoms with Crippen LogP contribution in [0.25, 0.3) is 11.3 Å². The number of imidazole rings is 1. The van der Waals surface area contributed by atoms with Crippen molar-refractivity contribution in [2.24, 2.45) is 5.92 Å². The Morgan fingerprint density at radius 2 is 2.18 bits per heavy atom. The van der Waals surface area contributed by atoms with Gasteiger partial charge in [-0.15, -0.1) is 0 Å². The fourth-order valence-electron chi connectivity index (χ4n) is 1.89. The average molecular weight is 230 g/mol. The number of hydrogen-bond donors (Lipinski definition) is 1. The molecule has 2 N–H and O–H groups in total. The quantitative estimate of drug-likeness (QED) is 0.881. The van der Waals surface area contributed by atoms with Crippen LogP contribution < -0.4 is 5.73 Å². The van der Waals surface area contributed by atoms with Gasteiger partial charge in [-0.05, 0) is 25.0 Å². The molecule has 0 bridgehead atoms. The minimum atomic E-state index is 0.548. The van der Waals surface area contributed by atoms with Crippen LogP contribution in [-0.2, 0) is 6.54 Å². The van der Waals surface area contributed by atoms with Crippen LogP contribution >= 0.6 is 0 Å². The summed E-state index contributed by atoms with van der Waals surface area (Å²) < 4.78 is 2.06. The molecule has 0 fully saturated rings. The molecule has 4 nitrogen and oxygen atoms in total. The average Bonchev–Trinajstić information content (AvgIpc) is 2.58. The predicted molar refractivity (Wildman–Crippen MR) is 69.4 cm³/mol. The lowest BCUT2D eigenvalue weighted by Gasteiger charge is -2.10. The van der Waals surface area contributed by atoms with Gasteiger partial charge >= 0.3 is 0 Å². The summed E-state index contributed by atoms with van der Waals surface area (Å²) in [6.07, 6.45) is 3.54. The molecule has 0 aliphatic heterocycles. The van der Waals surface area contributed by atoms with Crippen LogP contribution in [-0.4, -0.2) is 14.5 Å². The van der Waals surface area contributed by atoms with Gasteiger partial charge in [0.15, 0.2) is 0 Å². The highest BCUT2D eigenvalue weighted by molar-refractivity contribution is 5.70. The van der Waals surface area contributed by atoms with E-state index in [2.05, 4.69) is 28.4 Å². The zero-order valence-corrected chi connectivity index (χ0v) is 10.5. The van der Waals surface area contributed by atoms with Crippen LogP contribution in [0, 0.1) is 12.8 Å². The molecule has 0 radical (unpaired) electrons. The number of pyridine rings is 1. The number of hydrogen-bond acceptors (Lipinski definition) is 3. The third kappa shape index (κ3) is 2.30. The molecule has 0 spiro atoms. The summed E-state index contributed by atoms with van der Waals surface area (Å²) in [6.45, 7) is 7.22. The molecule has 0 aliphatic carbocycles. The number of aryl methyl sites for hydroxylation is 1. The van der Waals surface area contributed by atoms with Crippen molar-refractivity contribution in [1.29, 1.82) is 0 Å². The van der Waals surface area contributed by atoms with E-state index in [0.29, 0.717) is 5.92 Å². The molecular formula is C13H18N4. The van der Waals surface area contributed by atoms with Gasteiger partial charge in [0.25, 0.3) is 0 Å². The van der Waals surface area contributed by atoms with Crippen molar-refractivity contribution >= 4 is 5.82 Å². The lowest BCUT2D eigenvalue weighted by molar-refractivity contribution is 0.518. The standard InChI is InChI=1S/C13H18N4/c1-9(2)8-17-10(3)16-12(13(17)14)11-5-4-6-15-7-11/h4-7,9H,8,14H2,1-3H3. The summed E-state index contributed by atoms with van der Waals surface area (Å²) in [5.41, 5.74) is 7.96. The maximum Gasteiger partial charge on any atom is 0.131 e. The van der Waals surface area contributed by atoms with Gasteiger partial charge in [-0.25, -0.2) is 4.98 Å². The summed E-state index contributed by atoms with van der Waals surface area (Å²) in [7, 11) is 0. The van der Waals surface area contributed by atoms with Crippen molar-refractivity contribution in [3.8, 4) is 11.3 Å². The Morgan fingerprint density at radius 1 is 1.41 bits per heavy atom. The van der Waals surface area contributed by atoms with Crippen LogP contribution in [0.5, 0.6) is 0 Å². The maximum absolute atomic E-state index is 6.16. The van der Waals surface area contributed by atoms with E-state index < -0.39 is 0 Å². The second-order valence-corrected chi connectivity index (χ2v) is 4.64. The van der Waals surface area contributed by atoms with E-state index in [-0.39, 0.29) is 0 Å². The lowest BCUT2D eigenvalue weighted by atomic mass is 10.2. The first kappa shape index (κ1) is 11.6. The first-order valence-electron chi connectivity index (χ1n) is 5.82. The van der Waals surface area contributed by atoms with Crippen LogP contribution in [0.2, 0.25) is 0 Å². The molecule has 0 saturated heterocycles. The Morgan fingerprint density at radius 3 is 2.76 bits per heavy atom. The van der Waals surface area contributed by atoms with Gasteiger partial charge < -0.3 is 10.3 Å². The van der Waals surface area contributed by atoms with E-state index in [0.717, 1.165) is 29.4 Å². The number of nitrogens with zero attached hydrogens (tertiary/aromatic N) is 3. The van der Waals surface area contributed by atoms with E-state index in [9.17, 15) is 0 Å². The van der Waals surface area contributed by atoms with Crippen LogP contribution in [0.1, 0.15) is 19.7 Å². The molecule has 0 saturated carbocycles. The molecule has 2 rings (SSSR count). The number of nitrogens with two attached hydrogens (primary N) is 1. The first-order valence-corrected chi connectivity index (χ1v) is 5.82. The molecule has 0 aromatic carbocycles. The summed E-state index contributed by atoms with van der Waals surface area (Å²) >= 11 is 0. The SMILES string of the molecule is Cc1nc(-c2cccnc2)c(N)n1CC(C)C. The zero-order valence-electron chi connectivity index (χ0n) is 10.5. The van der Waals surface area contributed by atoms with Gasteiger partial charge in [-0.3, -0.25) is 4.98 Å². The molecular weight excluding hydrogens is 212 g/mol. The third-order valence-electron chi connectivity index (χ3n) is 2.68. The summed E-state index contributed by atoms with van der Waals surface area (Å²) in [5.74, 6) is 2.23. The van der Waals surface area contributed by atoms with E-state index in [1.165, 1.54) is 0 Å². The Balaban J connectivity index is 2.44. The third-order valence-corrected chi connectivity index (χ3v) is 2.68. The fraction of sp³-hybridized carbons (Fsp3) is 0.385. The Labute approximate surface area is 102 Å². The summed E-state index contributed by atoms with van der Waals surface area (Å²) in [6, 6.07) is 3.87. The van der Waals surface area contributed by atoms with Crippen molar-refractivity contribution < 1.29 is 0 Å². The van der Waals surface area contributed by atoms with Crippen molar-refractivity contribution in [3.05, 3.63) is 30.4 Å². The van der Waals surface area contributed by atoms with E-state index in [1.807, 2.05) is 19.1 Å². The molecule has 4 heteroatoms. The molecule has 0 atom stereocenters. The second-order valence-electron chi connectivity index (χ2n) is 4.64. The molecule has 2 heterocycles. The number of aromatic nitrogens is 3. The number of rotatable bonds is 3. The van der Waals surface area contributed by atoms with Crippen LogP contribution in [0.4, 0.5) is 5.82 Å². The largest absolute Gasteiger partial charge is 0.383 e. The Bertz CT molecular complexity index is 500. The molecule has 90 valence electrons. The lowest BCUT2D eigenvalue weighted by Crippen LogP contribution is -2.09. The molecule has 0 aliphatic rings. The Kier molecular flexibility index (Phi) is 3.13. The second kappa shape index (κ2) is 4.57. The number of nitrogen functional groups attached to an aromatic ring is 1. The Hall–Kier alpha value is -1.84. The number of anilines is 1. The topological polar surface area (TPSA) is 56.7 Å². The predicted octanol–water partition coefficient (Wildman–Crippen LogP) is 2.49. The van der Waals surface area contributed by atoms with Crippen molar-refractivity contribution in [2.75, 3.05) is 5.73 Å². The highest BCUT2D eigenvalue weighted by Gasteiger charge is 2.14. The summed E-state index contributed by atoms with van der Waals surface area (Å²) in [5, 5.41) is 0. The van der Waals surface area contributed by atoms with Gasteiger partial charge in [-0.1, -0.05) is 13.8 Å². The smallest absolute Gasteiger partial charge is 0.131 e. The minimum Gasteiger partial charge on any atom is -0.383 e. The van der Waals surface area contributed by atoms with Gasteiger partial charge in [0.1, 0.15) is 17.3 Å². The van der Waals surface area contributed by atoms with Gasteiger partial charge in [-0.2, -0.15) is 0 Å². The van der Waals surface area contributed by atoms with Crippen molar-refractivity contribution in [3.63, 3.8) is 0 Å². The fourth-order valence-corrected chi connectivity index (χ4v) is 1.89. The molecule has 2 aromatic rings. The first-order chi connectivity index (χ1) is 8.09. The highest BCUT2D eigenvalue weighted by Crippen LogP contribution is 2.25. The normalized spacial score (nSPS) is 11.1. The minimum absolute atomic E-state index is 0.548. The molecule has 17 heavy (non-hydrogen) atoms. The molecule has 0 amide bonds. The van der Waals surface area contributed by atoms with E-state index >= 15 is 0 Å². The van der Waals surface area contributed by atoms with Gasteiger partial charge in [0.2, 0.25) is 0 Å². The van der Waals surface area contributed by atoms with E-state index in [4.69, 9.17) is 5.73 Å². The summed E-state index contributed by atoms with van der Waals surface area (Å²) in [4.78, 5) is 8.63. The van der Waals surface area contributed by atoms with Crippen LogP contribution in [0.3, 0.4) is 0 Å². The van der Waals surface area contributed by atoms with Gasteiger partial charge in [0, 0.05) is 24.5 Å². The van der Waals surface area contributed by atoms with Crippen molar-refractivity contribution in [2.45, 2.75) is 27.3 Å².